The predicted octanol–water partition coefficient (Wildman–Crippen LogP) is 1.55. The number of hydrogen-bond donors (Lipinski definition) is 1. The Morgan fingerprint density at radius 3 is 3.12 bits per heavy atom. The molecule has 6 heteroatoms. The number of carbonyl (C=O) groups is 2. The third-order valence-electron chi connectivity index (χ3n) is 2.43. The summed E-state index contributed by atoms with van der Waals surface area (Å²) in [6, 6.07) is 1.62. The van der Waals surface area contributed by atoms with Crippen LogP contribution in [0.1, 0.15) is 30.0 Å². The smallest absolute Gasteiger partial charge is 0.222 e. The lowest BCUT2D eigenvalue weighted by Gasteiger charge is -2.16. The van der Waals surface area contributed by atoms with Gasteiger partial charge in [-0.15, -0.1) is 0 Å². The molecule has 2 rings (SSSR count). The molecule has 1 amide bonds. The third kappa shape index (κ3) is 2.26. The van der Waals surface area contributed by atoms with E-state index in [0.717, 1.165) is 6.29 Å². The Balaban J connectivity index is 2.30. The van der Waals surface area contributed by atoms with E-state index in [1.54, 1.807) is 6.07 Å². The van der Waals surface area contributed by atoms with Crippen molar-refractivity contribution in [3.05, 3.63) is 23.7 Å². The van der Waals surface area contributed by atoms with Crippen LogP contribution < -0.4 is 5.32 Å². The number of thioether (sulfide) groups is 1. The Bertz CT molecular complexity index is 495. The number of amidine groups is 1. The second-order valence-electron chi connectivity index (χ2n) is 3.98. The maximum absolute atomic E-state index is 10.9. The summed E-state index contributed by atoms with van der Waals surface area (Å²) in [4.78, 5) is 26.2. The van der Waals surface area contributed by atoms with Crippen LogP contribution in [0.5, 0.6) is 0 Å². The second-order valence-corrected chi connectivity index (χ2v) is 4.95. The first kappa shape index (κ1) is 11.9. The minimum absolute atomic E-state index is 0.157. The van der Waals surface area contributed by atoms with Crippen LogP contribution in [-0.4, -0.2) is 23.1 Å². The van der Waals surface area contributed by atoms with E-state index in [9.17, 15) is 9.59 Å². The van der Waals surface area contributed by atoms with E-state index < -0.39 is 5.54 Å². The fraction of sp³-hybridized carbons (Fsp3) is 0.364. The van der Waals surface area contributed by atoms with Crippen LogP contribution in [0.15, 0.2) is 21.7 Å². The molecule has 2 heterocycles. The maximum atomic E-state index is 10.9. The van der Waals surface area contributed by atoms with Gasteiger partial charge in [-0.25, -0.2) is 4.99 Å². The molecule has 1 aliphatic heterocycles. The highest BCUT2D eigenvalue weighted by Crippen LogP contribution is 2.37. The van der Waals surface area contributed by atoms with Gasteiger partial charge in [0, 0.05) is 12.7 Å². The van der Waals surface area contributed by atoms with E-state index in [1.807, 2.05) is 6.92 Å². The number of nitrogens with one attached hydrogen (secondary N) is 1. The minimum atomic E-state index is -0.595. The first-order chi connectivity index (χ1) is 8.05. The summed E-state index contributed by atoms with van der Waals surface area (Å²) >= 11 is 1.44. The molecule has 1 atom stereocenters. The topological polar surface area (TPSA) is 71.7 Å². The van der Waals surface area contributed by atoms with Gasteiger partial charge >= 0.3 is 0 Å². The maximum Gasteiger partial charge on any atom is 0.222 e. The normalized spacial score (nSPS) is 23.3. The van der Waals surface area contributed by atoms with Gasteiger partial charge in [-0.2, -0.15) is 0 Å². The Morgan fingerprint density at radius 1 is 1.71 bits per heavy atom. The first-order valence-corrected chi connectivity index (χ1v) is 6.07. The first-order valence-electron chi connectivity index (χ1n) is 5.08. The van der Waals surface area contributed by atoms with Crippen molar-refractivity contribution in [1.82, 2.24) is 5.32 Å². The highest BCUT2D eigenvalue weighted by atomic mass is 32.2. The molecule has 0 unspecified atom stereocenters. The molecule has 1 aliphatic rings. The zero-order valence-electron chi connectivity index (χ0n) is 9.52. The largest absolute Gasteiger partial charge is 0.466 e. The number of rotatable bonds is 2. The van der Waals surface area contributed by atoms with Crippen molar-refractivity contribution in [2.24, 2.45) is 4.99 Å². The summed E-state index contributed by atoms with van der Waals surface area (Å²) in [6.45, 7) is 3.31. The standard InChI is InChI=1S/C11H12N2O3S/c1-7(15)12-10-13-11(2,6-17-10)9-8(5-14)3-4-16-9/h3-5H,6H2,1-2H3,(H,12,13,15)/t11-/m1/s1. The Morgan fingerprint density at radius 2 is 2.47 bits per heavy atom. The molecule has 1 aromatic rings. The van der Waals surface area contributed by atoms with Gasteiger partial charge in [0.2, 0.25) is 5.91 Å². The quantitative estimate of drug-likeness (QED) is 0.810. The summed E-state index contributed by atoms with van der Waals surface area (Å²) in [6.07, 6.45) is 2.22. The number of aldehydes is 1. The second kappa shape index (κ2) is 4.37. The van der Waals surface area contributed by atoms with Crippen LogP contribution in [0.2, 0.25) is 0 Å². The lowest BCUT2D eigenvalue weighted by atomic mass is 9.99. The van der Waals surface area contributed by atoms with Gasteiger partial charge in [0.25, 0.3) is 0 Å². The number of carbonyl (C=O) groups excluding carboxylic acids is 2. The van der Waals surface area contributed by atoms with Crippen LogP contribution in [0.25, 0.3) is 0 Å². The molecule has 0 radical (unpaired) electrons. The average Bonchev–Trinajstić information content (AvgIpc) is 2.85. The molecule has 1 N–H and O–H groups in total. The zero-order valence-corrected chi connectivity index (χ0v) is 10.3. The Labute approximate surface area is 103 Å². The number of aliphatic imine (C=N–C) groups is 1. The average molecular weight is 252 g/mol. The van der Waals surface area contributed by atoms with E-state index >= 15 is 0 Å². The van der Waals surface area contributed by atoms with Crippen molar-refractivity contribution >= 4 is 29.1 Å². The molecular weight excluding hydrogens is 240 g/mol. The van der Waals surface area contributed by atoms with Crippen LogP contribution in [0.4, 0.5) is 0 Å². The van der Waals surface area contributed by atoms with E-state index in [-0.39, 0.29) is 5.91 Å². The highest BCUT2D eigenvalue weighted by Gasteiger charge is 2.37. The van der Waals surface area contributed by atoms with E-state index in [4.69, 9.17) is 4.42 Å². The molecule has 0 saturated heterocycles. The number of furan rings is 1. The van der Waals surface area contributed by atoms with Crippen LogP contribution >= 0.6 is 11.8 Å². The molecule has 0 bridgehead atoms. The number of amides is 1. The molecule has 0 aliphatic carbocycles. The van der Waals surface area contributed by atoms with Crippen LogP contribution in [0, 0.1) is 0 Å². The fourth-order valence-corrected chi connectivity index (χ4v) is 2.77. The molecule has 0 spiro atoms. The number of hydrogen-bond acceptors (Lipinski definition) is 5. The van der Waals surface area contributed by atoms with Crippen LogP contribution in [0.3, 0.4) is 0 Å². The van der Waals surface area contributed by atoms with Gasteiger partial charge in [-0.3, -0.25) is 9.59 Å². The molecular formula is C11H12N2O3S. The van der Waals surface area contributed by atoms with Crippen LogP contribution in [-0.2, 0) is 10.3 Å². The molecule has 0 aromatic carbocycles. The molecule has 17 heavy (non-hydrogen) atoms. The van der Waals surface area contributed by atoms with Crippen molar-refractivity contribution in [3.63, 3.8) is 0 Å². The van der Waals surface area contributed by atoms with Gasteiger partial charge in [-0.1, -0.05) is 11.8 Å². The van der Waals surface area contributed by atoms with Gasteiger partial charge in [0.15, 0.2) is 11.5 Å². The zero-order chi connectivity index (χ0) is 12.5. The van der Waals surface area contributed by atoms with Gasteiger partial charge in [-0.05, 0) is 13.0 Å². The summed E-state index contributed by atoms with van der Waals surface area (Å²) in [5.74, 6) is 1.02. The molecule has 1 aromatic heterocycles. The summed E-state index contributed by atoms with van der Waals surface area (Å²) in [7, 11) is 0. The van der Waals surface area contributed by atoms with E-state index in [1.165, 1.54) is 24.9 Å². The lowest BCUT2D eigenvalue weighted by Crippen LogP contribution is -2.25. The monoisotopic (exact) mass is 252 g/mol. The van der Waals surface area contributed by atoms with E-state index in [2.05, 4.69) is 10.3 Å². The van der Waals surface area contributed by atoms with Gasteiger partial charge < -0.3 is 9.73 Å². The summed E-state index contributed by atoms with van der Waals surface area (Å²) in [5.41, 5.74) is -0.0942. The number of nitrogens with zero attached hydrogens (tertiary/aromatic N) is 1. The van der Waals surface area contributed by atoms with E-state index in [0.29, 0.717) is 22.2 Å². The predicted molar refractivity (Wildman–Crippen MR) is 65.2 cm³/mol. The minimum Gasteiger partial charge on any atom is -0.466 e. The lowest BCUT2D eigenvalue weighted by molar-refractivity contribution is -0.117. The van der Waals surface area contributed by atoms with Crippen molar-refractivity contribution in [2.75, 3.05) is 5.75 Å². The van der Waals surface area contributed by atoms with Crippen molar-refractivity contribution in [1.29, 1.82) is 0 Å². The van der Waals surface area contributed by atoms with Crippen molar-refractivity contribution < 1.29 is 14.0 Å². The SMILES string of the molecule is CC(=O)NC1=N[C@@](C)(c2occc2C=O)CS1. The van der Waals surface area contributed by atoms with Crippen molar-refractivity contribution in [2.45, 2.75) is 19.4 Å². The Hall–Kier alpha value is -1.56. The fourth-order valence-electron chi connectivity index (χ4n) is 1.68. The molecule has 0 saturated carbocycles. The van der Waals surface area contributed by atoms with Crippen molar-refractivity contribution in [3.8, 4) is 0 Å². The summed E-state index contributed by atoms with van der Waals surface area (Å²) in [5, 5.41) is 3.20. The molecule has 0 fully saturated rings. The third-order valence-corrected chi connectivity index (χ3v) is 3.61. The highest BCUT2D eigenvalue weighted by molar-refractivity contribution is 8.14. The summed E-state index contributed by atoms with van der Waals surface area (Å²) < 4.78 is 5.33. The molecule has 5 nitrogen and oxygen atoms in total. The Kier molecular flexibility index (Phi) is 3.06. The van der Waals surface area contributed by atoms with Gasteiger partial charge in [0.1, 0.15) is 11.3 Å². The van der Waals surface area contributed by atoms with Gasteiger partial charge in [0.05, 0.1) is 11.8 Å². The molecule has 90 valence electrons.